The van der Waals surface area contributed by atoms with Crippen molar-refractivity contribution in [1.82, 2.24) is 9.88 Å². The molecule has 5 aliphatic rings. The van der Waals surface area contributed by atoms with Gasteiger partial charge in [0, 0.05) is 48.5 Å². The fourth-order valence-electron chi connectivity index (χ4n) is 4.79. The van der Waals surface area contributed by atoms with E-state index >= 15 is 0 Å². The molecule has 4 nitrogen and oxygen atoms in total. The lowest BCUT2D eigenvalue weighted by Gasteiger charge is -2.30. The molecule has 4 aliphatic carbocycles. The van der Waals surface area contributed by atoms with Gasteiger partial charge in [0.2, 0.25) is 0 Å². The average Bonchev–Trinajstić information content (AvgIpc) is 3.23. The van der Waals surface area contributed by atoms with Gasteiger partial charge in [-0.1, -0.05) is 0 Å². The molecule has 6 rings (SSSR count). The van der Waals surface area contributed by atoms with Crippen molar-refractivity contribution in [2.24, 2.45) is 16.8 Å². The molecule has 2 unspecified atom stereocenters. The molecule has 140 valence electrons. The standard InChI is InChI=1S/C22H25N3OS/c26-22(25-8-10-27-11-9-25)20-14-24-21(19-3-1-2-18(19)20)23-13-17-12-15-4-6-16(17)7-5-15/h7,13-14,16-17H,1-4,6,8-12H2. The van der Waals surface area contributed by atoms with Crippen LogP contribution in [0.3, 0.4) is 0 Å². The van der Waals surface area contributed by atoms with Crippen molar-refractivity contribution in [3.05, 3.63) is 40.3 Å². The number of nitrogens with zero attached hydrogens (tertiary/aromatic N) is 3. The fraction of sp³-hybridized carbons (Fsp3) is 0.545. The van der Waals surface area contributed by atoms with Gasteiger partial charge in [-0.05, 0) is 61.7 Å². The van der Waals surface area contributed by atoms with Crippen LogP contribution in [0.1, 0.15) is 47.2 Å². The smallest absolute Gasteiger partial charge is 0.255 e. The molecule has 2 fully saturated rings. The number of pyridine rings is 1. The molecule has 0 radical (unpaired) electrons. The normalized spacial score (nSPS) is 26.5. The Bertz CT molecular complexity index is 863. The monoisotopic (exact) mass is 379 g/mol. The van der Waals surface area contributed by atoms with Gasteiger partial charge >= 0.3 is 0 Å². The SMILES string of the molecule is O=C(c1cnc(N=CC2CC3=C=CC2CC3)c2c1CCC2)N1CCSCC1. The summed E-state index contributed by atoms with van der Waals surface area (Å²) in [7, 11) is 0. The summed E-state index contributed by atoms with van der Waals surface area (Å²) in [6.07, 6.45) is 12.7. The molecule has 1 aromatic rings. The number of hydrogen-bond acceptors (Lipinski definition) is 4. The topological polar surface area (TPSA) is 45.6 Å². The van der Waals surface area contributed by atoms with E-state index in [1.807, 2.05) is 16.7 Å². The lowest BCUT2D eigenvalue weighted by Crippen LogP contribution is -2.38. The Labute approximate surface area is 164 Å². The maximum Gasteiger partial charge on any atom is 0.255 e. The number of carbonyl (C=O) groups is 1. The van der Waals surface area contributed by atoms with Gasteiger partial charge in [0.15, 0.2) is 5.82 Å². The predicted octanol–water partition coefficient (Wildman–Crippen LogP) is 3.97. The van der Waals surface area contributed by atoms with Crippen molar-refractivity contribution in [2.45, 2.75) is 38.5 Å². The second-order valence-corrected chi connectivity index (χ2v) is 9.20. The highest BCUT2D eigenvalue weighted by atomic mass is 32.2. The Hall–Kier alpha value is -1.84. The second-order valence-electron chi connectivity index (χ2n) is 7.97. The van der Waals surface area contributed by atoms with Crippen molar-refractivity contribution in [3.8, 4) is 0 Å². The van der Waals surface area contributed by atoms with Crippen molar-refractivity contribution < 1.29 is 4.79 Å². The number of thioether (sulfide) groups is 1. The number of amides is 1. The third-order valence-corrected chi connectivity index (χ3v) is 7.30. The fourth-order valence-corrected chi connectivity index (χ4v) is 5.69. The number of aliphatic imine (C=N–C) groups is 1. The van der Waals surface area contributed by atoms with Gasteiger partial charge in [0.1, 0.15) is 0 Å². The minimum absolute atomic E-state index is 0.165. The van der Waals surface area contributed by atoms with E-state index in [2.05, 4.69) is 23.0 Å². The quantitative estimate of drug-likeness (QED) is 0.590. The molecule has 0 spiro atoms. The summed E-state index contributed by atoms with van der Waals surface area (Å²) in [6.45, 7) is 1.70. The van der Waals surface area contributed by atoms with Crippen LogP contribution in [0.4, 0.5) is 5.82 Å². The van der Waals surface area contributed by atoms with Crippen molar-refractivity contribution in [2.75, 3.05) is 24.6 Å². The number of hydrogen-bond donors (Lipinski definition) is 0. The molecule has 2 bridgehead atoms. The number of rotatable bonds is 3. The van der Waals surface area contributed by atoms with Gasteiger partial charge in [-0.25, -0.2) is 9.98 Å². The van der Waals surface area contributed by atoms with Gasteiger partial charge in [-0.2, -0.15) is 11.8 Å². The zero-order chi connectivity index (χ0) is 18.2. The van der Waals surface area contributed by atoms with Crippen molar-refractivity contribution in [1.29, 1.82) is 0 Å². The Morgan fingerprint density at radius 2 is 2.11 bits per heavy atom. The summed E-state index contributed by atoms with van der Waals surface area (Å²) in [5.74, 6) is 4.15. The van der Waals surface area contributed by atoms with Crippen molar-refractivity contribution >= 4 is 29.7 Å². The first-order valence-electron chi connectivity index (χ1n) is 10.2. The number of carbonyl (C=O) groups excluding carboxylic acids is 1. The highest BCUT2D eigenvalue weighted by molar-refractivity contribution is 7.99. The number of fused-ring (bicyclic) bond motifs is 3. The van der Waals surface area contributed by atoms with Gasteiger partial charge in [0.05, 0.1) is 5.56 Å². The van der Waals surface area contributed by atoms with Gasteiger partial charge in [-0.3, -0.25) is 4.79 Å². The highest BCUT2D eigenvalue weighted by Crippen LogP contribution is 2.37. The van der Waals surface area contributed by atoms with E-state index in [-0.39, 0.29) is 5.91 Å². The molecular formula is C22H25N3OS. The lowest BCUT2D eigenvalue weighted by molar-refractivity contribution is 0.0771. The Morgan fingerprint density at radius 3 is 2.85 bits per heavy atom. The molecule has 1 aromatic heterocycles. The van der Waals surface area contributed by atoms with E-state index in [0.29, 0.717) is 11.8 Å². The minimum atomic E-state index is 0.165. The first kappa shape index (κ1) is 17.3. The van der Waals surface area contributed by atoms with Crippen LogP contribution < -0.4 is 0 Å². The molecule has 1 saturated heterocycles. The van der Waals surface area contributed by atoms with E-state index in [1.54, 1.807) is 6.20 Å². The number of allylic oxidation sites excluding steroid dienone is 1. The van der Waals surface area contributed by atoms with Crippen LogP contribution in [0.15, 0.2) is 28.6 Å². The minimum Gasteiger partial charge on any atom is -0.337 e. The van der Waals surface area contributed by atoms with E-state index in [9.17, 15) is 4.79 Å². The first-order valence-corrected chi connectivity index (χ1v) is 11.3. The Morgan fingerprint density at radius 1 is 1.26 bits per heavy atom. The van der Waals surface area contributed by atoms with Crippen LogP contribution in [0, 0.1) is 11.8 Å². The Kier molecular flexibility index (Phi) is 4.66. The molecule has 1 amide bonds. The predicted molar refractivity (Wildman–Crippen MR) is 110 cm³/mol. The van der Waals surface area contributed by atoms with Gasteiger partial charge in [-0.15, -0.1) is 5.73 Å². The van der Waals surface area contributed by atoms with Crippen LogP contribution in [0.5, 0.6) is 0 Å². The van der Waals surface area contributed by atoms with Gasteiger partial charge in [0.25, 0.3) is 5.91 Å². The van der Waals surface area contributed by atoms with Crippen molar-refractivity contribution in [3.63, 3.8) is 0 Å². The van der Waals surface area contributed by atoms with E-state index in [0.717, 1.165) is 61.7 Å². The Balaban J connectivity index is 1.39. The first-order chi connectivity index (χ1) is 13.3. The molecule has 2 heterocycles. The largest absolute Gasteiger partial charge is 0.337 e. The zero-order valence-electron chi connectivity index (χ0n) is 15.6. The summed E-state index contributed by atoms with van der Waals surface area (Å²) in [4.78, 5) is 24.4. The van der Waals surface area contributed by atoms with Crippen LogP contribution in [-0.2, 0) is 12.8 Å². The summed E-state index contributed by atoms with van der Waals surface area (Å²) < 4.78 is 0. The third-order valence-electron chi connectivity index (χ3n) is 6.36. The third kappa shape index (κ3) is 3.28. The van der Waals surface area contributed by atoms with Crippen LogP contribution in [0.25, 0.3) is 0 Å². The van der Waals surface area contributed by atoms with E-state index < -0.39 is 0 Å². The van der Waals surface area contributed by atoms with E-state index in [4.69, 9.17) is 4.99 Å². The van der Waals surface area contributed by atoms with E-state index in [1.165, 1.54) is 29.5 Å². The molecule has 0 aromatic carbocycles. The molecule has 2 atom stereocenters. The molecule has 27 heavy (non-hydrogen) atoms. The lowest BCUT2D eigenvalue weighted by atomic mass is 9.74. The van der Waals surface area contributed by atoms with Crippen LogP contribution >= 0.6 is 11.8 Å². The summed E-state index contributed by atoms with van der Waals surface area (Å²) in [6, 6.07) is 0. The summed E-state index contributed by atoms with van der Waals surface area (Å²) in [5.41, 5.74) is 8.08. The average molecular weight is 380 g/mol. The maximum absolute atomic E-state index is 13.0. The molecule has 0 N–H and O–H groups in total. The second kappa shape index (κ2) is 7.29. The maximum atomic E-state index is 13.0. The molecule has 1 aliphatic heterocycles. The van der Waals surface area contributed by atoms with Crippen LogP contribution in [0.2, 0.25) is 0 Å². The molecule has 1 saturated carbocycles. The molecular weight excluding hydrogens is 354 g/mol. The van der Waals surface area contributed by atoms with Gasteiger partial charge < -0.3 is 4.90 Å². The summed E-state index contributed by atoms with van der Waals surface area (Å²) >= 11 is 1.93. The molecule has 5 heteroatoms. The highest BCUT2D eigenvalue weighted by Gasteiger charge is 2.29. The van der Waals surface area contributed by atoms with Crippen LogP contribution in [-0.4, -0.2) is 46.6 Å². The zero-order valence-corrected chi connectivity index (χ0v) is 16.4. The number of aromatic nitrogens is 1. The summed E-state index contributed by atoms with van der Waals surface area (Å²) in [5, 5.41) is 0.